The van der Waals surface area contributed by atoms with Gasteiger partial charge in [-0.1, -0.05) is 35.3 Å². The molecule has 6 nitrogen and oxygen atoms in total. The topological polar surface area (TPSA) is 68.8 Å². The second kappa shape index (κ2) is 7.02. The fraction of sp³-hybridized carbons (Fsp3) is 0.0500. The standard InChI is InChI=1S/C20H11Cl2FN6/c21-12-7-8-15-17(18(12)22)19(11-4-1-2-5-13(11)23)24-10-16-27-28-20(29(15)16)14-6-3-9-25-26-14/h1-9H,10H2. The van der Waals surface area contributed by atoms with Gasteiger partial charge in [-0.2, -0.15) is 5.10 Å². The molecule has 9 heteroatoms. The number of nitrogens with zero attached hydrogens (tertiary/aromatic N) is 6. The lowest BCUT2D eigenvalue weighted by Gasteiger charge is -2.16. The van der Waals surface area contributed by atoms with E-state index in [0.717, 1.165) is 0 Å². The summed E-state index contributed by atoms with van der Waals surface area (Å²) in [5.74, 6) is 0.648. The normalized spacial score (nSPS) is 12.7. The second-order valence-corrected chi connectivity index (χ2v) is 7.07. The number of halogens is 3. The number of aromatic nitrogens is 5. The van der Waals surface area contributed by atoms with Gasteiger partial charge in [-0.3, -0.25) is 9.56 Å². The highest BCUT2D eigenvalue weighted by Crippen LogP contribution is 2.37. The van der Waals surface area contributed by atoms with Crippen LogP contribution in [0.5, 0.6) is 0 Å². The Morgan fingerprint density at radius 1 is 0.931 bits per heavy atom. The molecule has 0 aliphatic carbocycles. The molecule has 2 aromatic carbocycles. The maximum absolute atomic E-state index is 14.6. The zero-order valence-corrected chi connectivity index (χ0v) is 16.2. The molecule has 0 saturated heterocycles. The van der Waals surface area contributed by atoms with Crippen LogP contribution in [0.25, 0.3) is 17.2 Å². The molecule has 0 bridgehead atoms. The van der Waals surface area contributed by atoms with Crippen LogP contribution in [-0.4, -0.2) is 30.7 Å². The Labute approximate surface area is 174 Å². The van der Waals surface area contributed by atoms with Gasteiger partial charge in [0, 0.05) is 17.3 Å². The van der Waals surface area contributed by atoms with Crippen molar-refractivity contribution >= 4 is 28.9 Å². The van der Waals surface area contributed by atoms with Crippen LogP contribution in [-0.2, 0) is 6.54 Å². The predicted molar refractivity (Wildman–Crippen MR) is 108 cm³/mol. The van der Waals surface area contributed by atoms with E-state index in [9.17, 15) is 4.39 Å². The van der Waals surface area contributed by atoms with Crippen LogP contribution < -0.4 is 0 Å². The monoisotopic (exact) mass is 424 g/mol. The summed E-state index contributed by atoms with van der Waals surface area (Å²) in [4.78, 5) is 4.62. The average molecular weight is 425 g/mol. The first-order chi connectivity index (χ1) is 14.1. The minimum atomic E-state index is -0.403. The highest BCUT2D eigenvalue weighted by Gasteiger charge is 2.28. The second-order valence-electron chi connectivity index (χ2n) is 6.28. The van der Waals surface area contributed by atoms with Crippen LogP contribution in [0.1, 0.15) is 17.0 Å². The Hall–Kier alpha value is -3.16. The van der Waals surface area contributed by atoms with Crippen molar-refractivity contribution in [3.05, 3.63) is 87.5 Å². The lowest BCUT2D eigenvalue weighted by atomic mass is 9.99. The largest absolute Gasteiger partial charge is 0.276 e. The summed E-state index contributed by atoms with van der Waals surface area (Å²) in [6.07, 6.45) is 1.58. The summed E-state index contributed by atoms with van der Waals surface area (Å²) in [5, 5.41) is 17.2. The molecule has 4 aromatic rings. The first kappa shape index (κ1) is 17.9. The number of hydrogen-bond donors (Lipinski definition) is 0. The minimum absolute atomic E-state index is 0.180. The van der Waals surface area contributed by atoms with Crippen LogP contribution in [0.4, 0.5) is 4.39 Å². The van der Waals surface area contributed by atoms with Crippen molar-refractivity contribution in [3.63, 3.8) is 0 Å². The number of benzene rings is 2. The Bertz CT molecular complexity index is 1270. The molecular formula is C20H11Cl2FN6. The van der Waals surface area contributed by atoms with E-state index in [1.54, 1.807) is 53.2 Å². The molecule has 0 saturated carbocycles. The van der Waals surface area contributed by atoms with E-state index in [0.29, 0.717) is 44.9 Å². The first-order valence-corrected chi connectivity index (χ1v) is 9.41. The van der Waals surface area contributed by atoms with Gasteiger partial charge in [-0.05, 0) is 36.4 Å². The van der Waals surface area contributed by atoms with Crippen LogP contribution in [0.3, 0.4) is 0 Å². The van der Waals surface area contributed by atoms with Gasteiger partial charge in [0.15, 0.2) is 11.6 Å². The molecule has 0 atom stereocenters. The van der Waals surface area contributed by atoms with E-state index < -0.39 is 5.82 Å². The number of rotatable bonds is 2. The van der Waals surface area contributed by atoms with Gasteiger partial charge in [0.25, 0.3) is 0 Å². The highest BCUT2D eigenvalue weighted by molar-refractivity contribution is 6.45. The van der Waals surface area contributed by atoms with Crippen molar-refractivity contribution < 1.29 is 4.39 Å². The van der Waals surface area contributed by atoms with E-state index in [4.69, 9.17) is 23.2 Å². The van der Waals surface area contributed by atoms with Crippen molar-refractivity contribution in [2.45, 2.75) is 6.54 Å². The van der Waals surface area contributed by atoms with Crippen molar-refractivity contribution in [1.29, 1.82) is 0 Å². The van der Waals surface area contributed by atoms with Gasteiger partial charge in [0.05, 0.1) is 21.4 Å². The summed E-state index contributed by atoms with van der Waals surface area (Å²) in [7, 11) is 0. The fourth-order valence-electron chi connectivity index (χ4n) is 3.31. The summed E-state index contributed by atoms with van der Waals surface area (Å²) in [6.45, 7) is 0.180. The third kappa shape index (κ3) is 2.90. The lowest BCUT2D eigenvalue weighted by molar-refractivity contribution is 0.625. The molecule has 142 valence electrons. The molecule has 0 radical (unpaired) electrons. The van der Waals surface area contributed by atoms with Gasteiger partial charge in [0.1, 0.15) is 18.1 Å². The molecular weight excluding hydrogens is 414 g/mol. The molecule has 5 rings (SSSR count). The van der Waals surface area contributed by atoms with E-state index in [2.05, 4.69) is 25.4 Å². The maximum Gasteiger partial charge on any atom is 0.189 e. The lowest BCUT2D eigenvalue weighted by Crippen LogP contribution is -2.11. The molecule has 0 unspecified atom stereocenters. The molecule has 0 amide bonds. The van der Waals surface area contributed by atoms with E-state index in [1.807, 2.05) is 0 Å². The summed E-state index contributed by atoms with van der Waals surface area (Å²) < 4.78 is 16.4. The third-order valence-electron chi connectivity index (χ3n) is 4.59. The van der Waals surface area contributed by atoms with Crippen LogP contribution in [0.2, 0.25) is 10.0 Å². The number of aliphatic imine (C=N–C) groups is 1. The van der Waals surface area contributed by atoms with E-state index >= 15 is 0 Å². The Morgan fingerprint density at radius 3 is 2.59 bits per heavy atom. The van der Waals surface area contributed by atoms with Gasteiger partial charge in [-0.15, -0.1) is 15.3 Å². The molecule has 1 aliphatic rings. The van der Waals surface area contributed by atoms with Crippen molar-refractivity contribution in [3.8, 4) is 17.2 Å². The third-order valence-corrected chi connectivity index (χ3v) is 5.39. The molecule has 0 N–H and O–H groups in total. The van der Waals surface area contributed by atoms with Crippen LogP contribution >= 0.6 is 23.2 Å². The molecule has 3 heterocycles. The van der Waals surface area contributed by atoms with Crippen LogP contribution in [0, 0.1) is 5.82 Å². The molecule has 2 aromatic heterocycles. The molecule has 0 spiro atoms. The van der Waals surface area contributed by atoms with Gasteiger partial charge < -0.3 is 0 Å². The predicted octanol–water partition coefficient (Wildman–Crippen LogP) is 4.52. The van der Waals surface area contributed by atoms with Gasteiger partial charge in [0.2, 0.25) is 0 Å². The zero-order valence-electron chi connectivity index (χ0n) is 14.7. The SMILES string of the molecule is Fc1ccccc1C1=NCc2nnc(-c3cccnn3)n2-c2ccc(Cl)c(Cl)c21. The van der Waals surface area contributed by atoms with Crippen molar-refractivity contribution in [2.24, 2.45) is 4.99 Å². The zero-order chi connectivity index (χ0) is 20.0. The summed E-state index contributed by atoms with van der Waals surface area (Å²) in [5.41, 5.74) is 2.42. The van der Waals surface area contributed by atoms with E-state index in [-0.39, 0.29) is 11.6 Å². The van der Waals surface area contributed by atoms with E-state index in [1.165, 1.54) is 6.07 Å². The highest BCUT2D eigenvalue weighted by atomic mass is 35.5. The quantitative estimate of drug-likeness (QED) is 0.474. The molecule has 29 heavy (non-hydrogen) atoms. The number of fused-ring (bicyclic) bond motifs is 3. The number of hydrogen-bond acceptors (Lipinski definition) is 5. The van der Waals surface area contributed by atoms with Crippen molar-refractivity contribution in [1.82, 2.24) is 25.0 Å². The van der Waals surface area contributed by atoms with Gasteiger partial charge in [-0.25, -0.2) is 4.39 Å². The summed E-state index contributed by atoms with van der Waals surface area (Å²) in [6, 6.07) is 13.4. The molecule has 1 aliphatic heterocycles. The van der Waals surface area contributed by atoms with Crippen LogP contribution in [0.15, 0.2) is 59.7 Å². The average Bonchev–Trinajstić information content (AvgIpc) is 3.09. The minimum Gasteiger partial charge on any atom is -0.276 e. The fourth-order valence-corrected chi connectivity index (χ4v) is 3.72. The maximum atomic E-state index is 14.6. The summed E-state index contributed by atoms with van der Waals surface area (Å²) >= 11 is 12.9. The smallest absolute Gasteiger partial charge is 0.189 e. The van der Waals surface area contributed by atoms with Crippen molar-refractivity contribution in [2.75, 3.05) is 0 Å². The molecule has 0 fully saturated rings. The van der Waals surface area contributed by atoms with Gasteiger partial charge >= 0.3 is 0 Å². The Morgan fingerprint density at radius 2 is 1.79 bits per heavy atom. The first-order valence-electron chi connectivity index (χ1n) is 8.65. The Balaban J connectivity index is 1.82. The Kier molecular flexibility index (Phi) is 4.34.